The van der Waals surface area contributed by atoms with E-state index in [-0.39, 0.29) is 24.8 Å². The first-order valence-electron chi connectivity index (χ1n) is 9.83. The van der Waals surface area contributed by atoms with E-state index in [1.807, 2.05) is 37.3 Å². The predicted molar refractivity (Wildman–Crippen MR) is 135 cm³/mol. The Morgan fingerprint density at radius 1 is 1.03 bits per heavy atom. The zero-order chi connectivity index (χ0) is 20.4. The van der Waals surface area contributed by atoms with Gasteiger partial charge in [0.2, 0.25) is 0 Å². The van der Waals surface area contributed by atoms with Gasteiger partial charge < -0.3 is 19.7 Å². The summed E-state index contributed by atoms with van der Waals surface area (Å²) < 4.78 is 12.8. The Labute approximate surface area is 206 Å². The van der Waals surface area contributed by atoms with Crippen LogP contribution in [0, 0.1) is 0 Å². The van der Waals surface area contributed by atoms with E-state index in [1.54, 1.807) is 0 Å². The number of benzene rings is 2. The smallest absolute Gasteiger partial charge is 0.175 e. The second kappa shape index (κ2) is 16.0. The minimum atomic E-state index is 0. The molecule has 0 aromatic heterocycles. The third-order valence-corrected chi connectivity index (χ3v) is 5.49. The third kappa shape index (κ3) is 9.21. The van der Waals surface area contributed by atoms with E-state index >= 15 is 0 Å². The minimum Gasteiger partial charge on any atom is -0.490 e. The normalized spacial score (nSPS) is 10.3. The predicted octanol–water partition coefficient (Wildman–Crippen LogP) is 6.36. The number of hydrogen-bond donors (Lipinski definition) is 1. The van der Waals surface area contributed by atoms with E-state index in [4.69, 9.17) is 21.1 Å². The zero-order valence-corrected chi connectivity index (χ0v) is 21.7. The van der Waals surface area contributed by atoms with Crippen molar-refractivity contribution in [1.29, 1.82) is 0 Å². The molecule has 0 aliphatic heterocycles. The monoisotopic (exact) mass is 540 g/mol. The van der Waals surface area contributed by atoms with Crippen molar-refractivity contribution < 1.29 is 9.47 Å². The summed E-state index contributed by atoms with van der Waals surface area (Å²) in [6, 6.07) is 11.8. The molecule has 0 amide bonds. The molecule has 0 bridgehead atoms. The molecule has 0 saturated heterocycles. The van der Waals surface area contributed by atoms with Crippen molar-refractivity contribution in [2.75, 3.05) is 32.8 Å². The maximum atomic E-state index is 6.24. The van der Waals surface area contributed by atoms with E-state index in [9.17, 15) is 0 Å². The van der Waals surface area contributed by atoms with Gasteiger partial charge in [-0.25, -0.2) is 0 Å². The Morgan fingerprint density at radius 3 is 2.37 bits per heavy atom. The van der Waals surface area contributed by atoms with Crippen LogP contribution in [-0.4, -0.2) is 37.7 Å². The molecule has 0 radical (unpaired) electrons. The Bertz CT molecular complexity index is 746. The molecule has 8 heteroatoms. The summed E-state index contributed by atoms with van der Waals surface area (Å²) in [7, 11) is 0. The summed E-state index contributed by atoms with van der Waals surface area (Å²) in [5, 5.41) is 4.21. The van der Waals surface area contributed by atoms with E-state index in [0.717, 1.165) is 54.1 Å². The number of ether oxygens (including phenoxy) is 2. The number of halogens is 4. The van der Waals surface area contributed by atoms with E-state index in [0.29, 0.717) is 24.0 Å². The average Bonchev–Trinajstić information content (AvgIpc) is 2.69. The first-order chi connectivity index (χ1) is 13.6. The third-order valence-electron chi connectivity index (χ3n) is 4.53. The Morgan fingerprint density at radius 2 is 1.73 bits per heavy atom. The van der Waals surface area contributed by atoms with Crippen molar-refractivity contribution >= 4 is 52.3 Å². The SMILES string of the molecule is CCOc1cc(CNCCN(CC)CC)cc(Br)c1OCc1ccccc1Cl.Cl.Cl. The average molecular weight is 543 g/mol. The first kappa shape index (κ1) is 29.3. The van der Waals surface area contributed by atoms with Gasteiger partial charge in [-0.1, -0.05) is 43.6 Å². The molecule has 2 rings (SSSR count). The Kier molecular flexibility index (Phi) is 15.6. The van der Waals surface area contributed by atoms with Crippen LogP contribution in [0.15, 0.2) is 40.9 Å². The van der Waals surface area contributed by atoms with Gasteiger partial charge in [-0.2, -0.15) is 0 Å². The van der Waals surface area contributed by atoms with Gasteiger partial charge in [0.25, 0.3) is 0 Å². The van der Waals surface area contributed by atoms with Crippen molar-refractivity contribution in [3.8, 4) is 11.5 Å². The van der Waals surface area contributed by atoms with Crippen LogP contribution in [0.25, 0.3) is 0 Å². The van der Waals surface area contributed by atoms with E-state index in [2.05, 4.69) is 46.1 Å². The highest BCUT2D eigenvalue weighted by Gasteiger charge is 2.13. The number of hydrogen-bond acceptors (Lipinski definition) is 4. The molecule has 0 fully saturated rings. The summed E-state index contributed by atoms with van der Waals surface area (Å²) in [4.78, 5) is 2.40. The highest BCUT2D eigenvalue weighted by atomic mass is 79.9. The fourth-order valence-electron chi connectivity index (χ4n) is 2.90. The molecule has 1 N–H and O–H groups in total. The zero-order valence-electron chi connectivity index (χ0n) is 17.7. The lowest BCUT2D eigenvalue weighted by molar-refractivity contribution is 0.267. The number of nitrogens with one attached hydrogen (secondary N) is 1. The van der Waals surface area contributed by atoms with Gasteiger partial charge in [-0.05, 0) is 59.7 Å². The topological polar surface area (TPSA) is 33.7 Å². The van der Waals surface area contributed by atoms with Gasteiger partial charge in [0.15, 0.2) is 11.5 Å². The van der Waals surface area contributed by atoms with Crippen LogP contribution in [-0.2, 0) is 13.2 Å². The highest BCUT2D eigenvalue weighted by Crippen LogP contribution is 2.37. The summed E-state index contributed by atoms with van der Waals surface area (Å²) in [5.74, 6) is 1.44. The first-order valence-corrected chi connectivity index (χ1v) is 11.0. The van der Waals surface area contributed by atoms with Crippen molar-refractivity contribution in [1.82, 2.24) is 10.2 Å². The maximum absolute atomic E-state index is 6.24. The Hall–Kier alpha value is -0.690. The van der Waals surface area contributed by atoms with Crippen LogP contribution in [0.5, 0.6) is 11.5 Å². The second-order valence-electron chi connectivity index (χ2n) is 6.42. The molecule has 0 aliphatic carbocycles. The lowest BCUT2D eigenvalue weighted by Gasteiger charge is -2.19. The van der Waals surface area contributed by atoms with Crippen LogP contribution >= 0.6 is 52.3 Å². The van der Waals surface area contributed by atoms with Gasteiger partial charge in [0.1, 0.15) is 6.61 Å². The molecule has 0 heterocycles. The van der Waals surface area contributed by atoms with Crippen molar-refractivity contribution in [3.63, 3.8) is 0 Å². The van der Waals surface area contributed by atoms with Gasteiger partial charge in [0.05, 0.1) is 11.1 Å². The van der Waals surface area contributed by atoms with Crippen LogP contribution < -0.4 is 14.8 Å². The number of nitrogens with zero attached hydrogens (tertiary/aromatic N) is 1. The summed E-state index contributed by atoms with van der Waals surface area (Å²) in [5.41, 5.74) is 2.10. The molecule has 0 unspecified atom stereocenters. The molecule has 2 aromatic rings. The molecule has 0 spiro atoms. The summed E-state index contributed by atoms with van der Waals surface area (Å²) in [6.07, 6.45) is 0. The van der Waals surface area contributed by atoms with Crippen molar-refractivity contribution in [2.45, 2.75) is 33.9 Å². The molecule has 4 nitrogen and oxygen atoms in total. The minimum absolute atomic E-state index is 0. The standard InChI is InChI=1S/C22H30BrClN2O2.2ClH/c1-4-26(5-2)12-11-25-15-17-13-19(23)22(21(14-17)27-6-3)28-16-18-9-7-8-10-20(18)24;;/h7-10,13-14,25H,4-6,11-12,15-16H2,1-3H3;2*1H. The fourth-order valence-corrected chi connectivity index (χ4v) is 3.70. The second-order valence-corrected chi connectivity index (χ2v) is 7.68. The number of rotatable bonds is 12. The molecule has 2 aromatic carbocycles. The van der Waals surface area contributed by atoms with E-state index in [1.165, 1.54) is 0 Å². The highest BCUT2D eigenvalue weighted by molar-refractivity contribution is 9.10. The van der Waals surface area contributed by atoms with Gasteiger partial charge >= 0.3 is 0 Å². The molecule has 0 atom stereocenters. The van der Waals surface area contributed by atoms with Gasteiger partial charge in [-0.15, -0.1) is 24.8 Å². The van der Waals surface area contributed by atoms with Crippen molar-refractivity contribution in [2.24, 2.45) is 0 Å². The summed E-state index contributed by atoms with van der Waals surface area (Å²) >= 11 is 9.88. The molecule has 30 heavy (non-hydrogen) atoms. The van der Waals surface area contributed by atoms with Gasteiger partial charge in [0, 0.05) is 30.2 Å². The van der Waals surface area contributed by atoms with Crippen LogP contribution in [0.2, 0.25) is 5.02 Å². The molecular formula is C22H32BrCl3N2O2. The Balaban J connectivity index is 0.00000420. The summed E-state index contributed by atoms with van der Waals surface area (Å²) in [6.45, 7) is 12.3. The van der Waals surface area contributed by atoms with Crippen molar-refractivity contribution in [3.05, 3.63) is 57.0 Å². The lowest BCUT2D eigenvalue weighted by Crippen LogP contribution is -2.31. The maximum Gasteiger partial charge on any atom is 0.175 e. The lowest BCUT2D eigenvalue weighted by atomic mass is 10.2. The molecular weight excluding hydrogens is 511 g/mol. The fraction of sp³-hybridized carbons (Fsp3) is 0.455. The largest absolute Gasteiger partial charge is 0.490 e. The van der Waals surface area contributed by atoms with Gasteiger partial charge in [-0.3, -0.25) is 0 Å². The van der Waals surface area contributed by atoms with Crippen LogP contribution in [0.3, 0.4) is 0 Å². The van der Waals surface area contributed by atoms with E-state index < -0.39 is 0 Å². The van der Waals surface area contributed by atoms with Crippen LogP contribution in [0.4, 0.5) is 0 Å². The molecule has 170 valence electrons. The molecule has 0 aliphatic rings. The molecule has 0 saturated carbocycles. The number of likely N-dealkylation sites (N-methyl/N-ethyl adjacent to an activating group) is 1. The van der Waals surface area contributed by atoms with Crippen LogP contribution in [0.1, 0.15) is 31.9 Å². The quantitative estimate of drug-likeness (QED) is 0.317.